The van der Waals surface area contributed by atoms with Gasteiger partial charge in [-0.3, -0.25) is 0 Å². The molecule has 0 atom stereocenters. The molecular formula is C8H8ClFO3S. The standard InChI is InChI=1S/C8H8ClFO3S/c1-5-3-6(14(9,11)12)4-7(10)8(5)13-2/h3-4H,1-2H3. The second-order valence-corrected chi connectivity index (χ2v) is 5.26. The van der Waals surface area contributed by atoms with E-state index in [2.05, 4.69) is 0 Å². The first-order valence-corrected chi connectivity index (χ1v) is 5.96. The topological polar surface area (TPSA) is 43.4 Å². The van der Waals surface area contributed by atoms with Gasteiger partial charge in [0.15, 0.2) is 11.6 Å². The molecule has 0 unspecified atom stereocenters. The van der Waals surface area contributed by atoms with E-state index in [4.69, 9.17) is 15.4 Å². The number of halogens is 2. The van der Waals surface area contributed by atoms with Crippen LogP contribution in [0.1, 0.15) is 5.56 Å². The summed E-state index contributed by atoms with van der Waals surface area (Å²) in [6, 6.07) is 2.08. The van der Waals surface area contributed by atoms with Gasteiger partial charge in [-0.25, -0.2) is 12.8 Å². The molecule has 0 spiro atoms. The Hall–Kier alpha value is -0.810. The van der Waals surface area contributed by atoms with E-state index < -0.39 is 14.9 Å². The summed E-state index contributed by atoms with van der Waals surface area (Å²) >= 11 is 0. The van der Waals surface area contributed by atoms with Gasteiger partial charge in [0.25, 0.3) is 9.05 Å². The van der Waals surface area contributed by atoms with E-state index in [0.717, 1.165) is 6.07 Å². The second kappa shape index (κ2) is 3.74. The van der Waals surface area contributed by atoms with Crippen molar-refractivity contribution in [1.29, 1.82) is 0 Å². The lowest BCUT2D eigenvalue weighted by molar-refractivity contribution is 0.382. The molecule has 1 aromatic rings. The lowest BCUT2D eigenvalue weighted by Crippen LogP contribution is -1.97. The highest BCUT2D eigenvalue weighted by Gasteiger charge is 2.15. The molecule has 0 fully saturated rings. The summed E-state index contributed by atoms with van der Waals surface area (Å²) in [5.41, 5.74) is 0.381. The minimum Gasteiger partial charge on any atom is -0.493 e. The Morgan fingerprint density at radius 3 is 2.36 bits per heavy atom. The van der Waals surface area contributed by atoms with Crippen molar-refractivity contribution in [2.75, 3.05) is 7.11 Å². The van der Waals surface area contributed by atoms with Gasteiger partial charge in [0.05, 0.1) is 12.0 Å². The number of rotatable bonds is 2. The molecule has 0 aliphatic heterocycles. The maximum atomic E-state index is 13.2. The van der Waals surface area contributed by atoms with Crippen LogP contribution in [-0.2, 0) is 9.05 Å². The van der Waals surface area contributed by atoms with Gasteiger partial charge < -0.3 is 4.74 Å². The molecule has 0 saturated carbocycles. The Morgan fingerprint density at radius 1 is 1.43 bits per heavy atom. The lowest BCUT2D eigenvalue weighted by atomic mass is 10.2. The SMILES string of the molecule is COc1c(C)cc(S(=O)(=O)Cl)cc1F. The molecule has 0 saturated heterocycles. The molecule has 0 aromatic heterocycles. The summed E-state index contributed by atoms with van der Waals surface area (Å²) in [6.07, 6.45) is 0. The molecular weight excluding hydrogens is 231 g/mol. The summed E-state index contributed by atoms with van der Waals surface area (Å²) in [5.74, 6) is -0.721. The average molecular weight is 239 g/mol. The predicted molar refractivity (Wildman–Crippen MR) is 50.7 cm³/mol. The maximum Gasteiger partial charge on any atom is 0.261 e. The molecule has 0 N–H and O–H groups in total. The molecule has 14 heavy (non-hydrogen) atoms. The van der Waals surface area contributed by atoms with Crippen LogP contribution in [0.5, 0.6) is 5.75 Å². The van der Waals surface area contributed by atoms with Crippen molar-refractivity contribution in [2.45, 2.75) is 11.8 Å². The van der Waals surface area contributed by atoms with Crippen molar-refractivity contribution in [2.24, 2.45) is 0 Å². The van der Waals surface area contributed by atoms with E-state index in [9.17, 15) is 12.8 Å². The minimum absolute atomic E-state index is 0.0223. The summed E-state index contributed by atoms with van der Waals surface area (Å²) < 4.78 is 39.7. The Kier molecular flexibility index (Phi) is 3.01. The summed E-state index contributed by atoms with van der Waals surface area (Å²) in [7, 11) is 2.47. The van der Waals surface area contributed by atoms with Gasteiger partial charge in [0, 0.05) is 10.7 Å². The van der Waals surface area contributed by atoms with Crippen molar-refractivity contribution in [3.63, 3.8) is 0 Å². The van der Waals surface area contributed by atoms with E-state index >= 15 is 0 Å². The Bertz CT molecular complexity index is 433. The van der Waals surface area contributed by atoms with Crippen LogP contribution in [0, 0.1) is 12.7 Å². The number of hydrogen-bond donors (Lipinski definition) is 0. The van der Waals surface area contributed by atoms with Gasteiger partial charge in [-0.05, 0) is 24.6 Å². The molecule has 1 rings (SSSR count). The number of methoxy groups -OCH3 is 1. The van der Waals surface area contributed by atoms with Crippen molar-refractivity contribution in [3.8, 4) is 5.75 Å². The zero-order valence-corrected chi connectivity index (χ0v) is 9.12. The highest BCUT2D eigenvalue weighted by molar-refractivity contribution is 8.13. The predicted octanol–water partition coefficient (Wildman–Crippen LogP) is 2.07. The van der Waals surface area contributed by atoms with E-state index in [1.807, 2.05) is 0 Å². The average Bonchev–Trinajstić information content (AvgIpc) is 2.01. The smallest absolute Gasteiger partial charge is 0.261 e. The Balaban J connectivity index is 3.43. The van der Waals surface area contributed by atoms with Crippen LogP contribution < -0.4 is 4.74 Å². The highest BCUT2D eigenvalue weighted by atomic mass is 35.7. The molecule has 0 bridgehead atoms. The minimum atomic E-state index is -3.90. The van der Waals surface area contributed by atoms with Gasteiger partial charge in [-0.1, -0.05) is 0 Å². The second-order valence-electron chi connectivity index (χ2n) is 2.69. The zero-order valence-electron chi connectivity index (χ0n) is 7.54. The lowest BCUT2D eigenvalue weighted by Gasteiger charge is -2.06. The van der Waals surface area contributed by atoms with Gasteiger partial charge in [-0.2, -0.15) is 0 Å². The normalized spacial score (nSPS) is 11.4. The fourth-order valence-electron chi connectivity index (χ4n) is 1.10. The van der Waals surface area contributed by atoms with Crippen molar-refractivity contribution < 1.29 is 17.5 Å². The van der Waals surface area contributed by atoms with Crippen molar-refractivity contribution in [1.82, 2.24) is 0 Å². The van der Waals surface area contributed by atoms with Gasteiger partial charge in [0.1, 0.15) is 0 Å². The first-order chi connectivity index (χ1) is 6.36. The number of benzene rings is 1. The molecule has 0 aliphatic carbocycles. The third-order valence-electron chi connectivity index (χ3n) is 1.69. The summed E-state index contributed by atoms with van der Waals surface area (Å²) in [5, 5.41) is 0. The fourth-order valence-corrected chi connectivity index (χ4v) is 1.93. The summed E-state index contributed by atoms with van der Waals surface area (Å²) in [6.45, 7) is 1.54. The fraction of sp³-hybridized carbons (Fsp3) is 0.250. The van der Waals surface area contributed by atoms with E-state index in [-0.39, 0.29) is 10.6 Å². The van der Waals surface area contributed by atoms with Crippen LogP contribution in [0.3, 0.4) is 0 Å². The van der Waals surface area contributed by atoms with E-state index in [1.165, 1.54) is 20.1 Å². The Morgan fingerprint density at radius 2 is 2.00 bits per heavy atom. The molecule has 78 valence electrons. The van der Waals surface area contributed by atoms with Crippen LogP contribution in [0.15, 0.2) is 17.0 Å². The van der Waals surface area contributed by atoms with Crippen LogP contribution >= 0.6 is 10.7 Å². The van der Waals surface area contributed by atoms with E-state index in [1.54, 1.807) is 0 Å². The molecule has 3 nitrogen and oxygen atoms in total. The zero-order chi connectivity index (χ0) is 10.9. The van der Waals surface area contributed by atoms with Crippen LogP contribution in [0.4, 0.5) is 4.39 Å². The van der Waals surface area contributed by atoms with Gasteiger partial charge in [0.2, 0.25) is 0 Å². The quantitative estimate of drug-likeness (QED) is 0.741. The molecule has 0 radical (unpaired) electrons. The van der Waals surface area contributed by atoms with Crippen LogP contribution in [-0.4, -0.2) is 15.5 Å². The molecule has 0 amide bonds. The third kappa shape index (κ3) is 2.16. The van der Waals surface area contributed by atoms with Gasteiger partial charge in [-0.15, -0.1) is 0 Å². The molecule has 0 heterocycles. The molecule has 6 heteroatoms. The number of ether oxygens (including phenoxy) is 1. The van der Waals surface area contributed by atoms with Crippen molar-refractivity contribution in [3.05, 3.63) is 23.5 Å². The molecule has 1 aromatic carbocycles. The maximum absolute atomic E-state index is 13.2. The first-order valence-electron chi connectivity index (χ1n) is 3.65. The number of hydrogen-bond acceptors (Lipinski definition) is 3. The largest absolute Gasteiger partial charge is 0.493 e. The van der Waals surface area contributed by atoms with Gasteiger partial charge >= 0.3 is 0 Å². The highest BCUT2D eigenvalue weighted by Crippen LogP contribution is 2.27. The summed E-state index contributed by atoms with van der Waals surface area (Å²) in [4.78, 5) is -0.269. The monoisotopic (exact) mass is 238 g/mol. The molecule has 0 aliphatic rings. The third-order valence-corrected chi connectivity index (χ3v) is 3.02. The first kappa shape index (κ1) is 11.3. The van der Waals surface area contributed by atoms with E-state index in [0.29, 0.717) is 5.56 Å². The number of aryl methyl sites for hydroxylation is 1. The van der Waals surface area contributed by atoms with Crippen molar-refractivity contribution >= 4 is 19.7 Å². The Labute approximate surface area is 85.9 Å². The van der Waals surface area contributed by atoms with Crippen LogP contribution in [0.2, 0.25) is 0 Å². The van der Waals surface area contributed by atoms with Crippen LogP contribution in [0.25, 0.3) is 0 Å².